The molecule has 2 aromatic carbocycles. The summed E-state index contributed by atoms with van der Waals surface area (Å²) >= 11 is 1.35. The Hall–Kier alpha value is -1.31. The Morgan fingerprint density at radius 1 is 0.680 bits per heavy atom. The zero-order chi connectivity index (χ0) is 18.5. The van der Waals surface area contributed by atoms with Gasteiger partial charge in [-0.25, -0.2) is 16.8 Å². The molecule has 0 N–H and O–H groups in total. The lowest BCUT2D eigenvalue weighted by Crippen LogP contribution is -2.24. The second kappa shape index (κ2) is 8.38. The molecule has 0 spiro atoms. The summed E-state index contributed by atoms with van der Waals surface area (Å²) in [5.41, 5.74) is 0. The highest BCUT2D eigenvalue weighted by molar-refractivity contribution is 8.02. The maximum atomic E-state index is 12.5. The van der Waals surface area contributed by atoms with E-state index < -0.39 is 30.2 Å². The Balaban J connectivity index is 1.96. The first kappa shape index (κ1) is 20.0. The van der Waals surface area contributed by atoms with E-state index in [1.165, 1.54) is 11.8 Å². The Morgan fingerprint density at radius 2 is 1.00 bits per heavy atom. The van der Waals surface area contributed by atoms with Gasteiger partial charge in [0, 0.05) is 11.5 Å². The van der Waals surface area contributed by atoms with E-state index in [9.17, 15) is 16.8 Å². The molecule has 0 aliphatic rings. The van der Waals surface area contributed by atoms with E-state index in [0.717, 1.165) is 0 Å². The highest BCUT2D eigenvalue weighted by Gasteiger charge is 2.26. The van der Waals surface area contributed by atoms with Crippen LogP contribution in [0.5, 0.6) is 0 Å². The van der Waals surface area contributed by atoms with E-state index in [2.05, 4.69) is 0 Å². The molecule has 0 aliphatic heterocycles. The Kier molecular flexibility index (Phi) is 6.71. The van der Waals surface area contributed by atoms with Gasteiger partial charge in [-0.1, -0.05) is 36.4 Å². The summed E-state index contributed by atoms with van der Waals surface area (Å²) in [6.07, 6.45) is 0. The molecule has 25 heavy (non-hydrogen) atoms. The van der Waals surface area contributed by atoms with Gasteiger partial charge in [-0.15, -0.1) is 0 Å². The van der Waals surface area contributed by atoms with Crippen molar-refractivity contribution < 1.29 is 16.8 Å². The molecule has 0 aromatic heterocycles. The second-order valence-corrected chi connectivity index (χ2v) is 11.7. The summed E-state index contributed by atoms with van der Waals surface area (Å²) in [6.45, 7) is 3.32. The van der Waals surface area contributed by atoms with Crippen LogP contribution in [0.25, 0.3) is 0 Å². The first-order chi connectivity index (χ1) is 11.8. The lowest BCUT2D eigenvalue weighted by molar-refractivity contribution is 0.587. The summed E-state index contributed by atoms with van der Waals surface area (Å²) in [5, 5.41) is -1.15. The summed E-state index contributed by atoms with van der Waals surface area (Å²) < 4.78 is 50.0. The predicted molar refractivity (Wildman–Crippen MR) is 104 cm³/mol. The average molecular weight is 399 g/mol. The van der Waals surface area contributed by atoms with Crippen LogP contribution in [-0.2, 0) is 19.7 Å². The predicted octanol–water partition coefficient (Wildman–Crippen LogP) is 3.44. The fourth-order valence-electron chi connectivity index (χ4n) is 2.26. The molecule has 2 unspecified atom stereocenters. The fraction of sp³-hybridized carbons (Fsp3) is 0.333. The van der Waals surface area contributed by atoms with E-state index in [1.54, 1.807) is 74.5 Å². The standard InChI is InChI=1S/C18H22O4S3/c1-15(24(19,20)17-9-5-3-6-10-17)13-23-14-16(2)25(21,22)18-11-7-4-8-12-18/h3-12,15-16H,13-14H2,1-2H3. The Bertz CT molecular complexity index is 801. The molecule has 4 nitrogen and oxygen atoms in total. The van der Waals surface area contributed by atoms with Gasteiger partial charge in [0.2, 0.25) is 0 Å². The van der Waals surface area contributed by atoms with Crippen molar-refractivity contribution >= 4 is 31.4 Å². The molecule has 0 saturated heterocycles. The van der Waals surface area contributed by atoms with Gasteiger partial charge in [0.1, 0.15) is 0 Å². The highest BCUT2D eigenvalue weighted by atomic mass is 32.2. The van der Waals surface area contributed by atoms with Crippen molar-refractivity contribution in [3.8, 4) is 0 Å². The van der Waals surface area contributed by atoms with Crippen molar-refractivity contribution in [3.05, 3.63) is 60.7 Å². The number of hydrogen-bond donors (Lipinski definition) is 0. The minimum atomic E-state index is -3.39. The number of sulfone groups is 2. The molecular weight excluding hydrogens is 376 g/mol. The number of benzene rings is 2. The molecule has 0 radical (unpaired) electrons. The first-order valence-electron chi connectivity index (χ1n) is 7.92. The van der Waals surface area contributed by atoms with Gasteiger partial charge < -0.3 is 0 Å². The van der Waals surface area contributed by atoms with Crippen molar-refractivity contribution in [1.82, 2.24) is 0 Å². The minimum absolute atomic E-state index is 0.299. The largest absolute Gasteiger partial charge is 0.223 e. The molecule has 0 aliphatic carbocycles. The summed E-state index contributed by atoms with van der Waals surface area (Å²) in [4.78, 5) is 0.598. The van der Waals surface area contributed by atoms with Gasteiger partial charge >= 0.3 is 0 Å². The Morgan fingerprint density at radius 3 is 1.32 bits per heavy atom. The zero-order valence-electron chi connectivity index (χ0n) is 14.2. The molecule has 2 atom stereocenters. The van der Waals surface area contributed by atoms with Crippen LogP contribution >= 0.6 is 11.8 Å². The van der Waals surface area contributed by atoms with E-state index in [0.29, 0.717) is 21.3 Å². The van der Waals surface area contributed by atoms with Crippen LogP contribution in [-0.4, -0.2) is 38.8 Å². The van der Waals surface area contributed by atoms with Crippen LogP contribution < -0.4 is 0 Å². The molecular formula is C18H22O4S3. The second-order valence-electron chi connectivity index (χ2n) is 5.87. The average Bonchev–Trinajstić information content (AvgIpc) is 2.62. The molecule has 0 bridgehead atoms. The van der Waals surface area contributed by atoms with E-state index in [1.807, 2.05) is 0 Å². The zero-order valence-corrected chi connectivity index (χ0v) is 16.6. The molecule has 2 aromatic rings. The van der Waals surface area contributed by atoms with Crippen molar-refractivity contribution in [2.75, 3.05) is 11.5 Å². The molecule has 0 fully saturated rings. The smallest absolute Gasteiger partial charge is 0.181 e. The third-order valence-corrected chi connectivity index (χ3v) is 10.1. The van der Waals surface area contributed by atoms with Crippen LogP contribution in [0.3, 0.4) is 0 Å². The number of hydrogen-bond acceptors (Lipinski definition) is 5. The normalized spacial score (nSPS) is 14.8. The fourth-order valence-corrected chi connectivity index (χ4v) is 7.08. The van der Waals surface area contributed by atoms with Gasteiger partial charge in [-0.2, -0.15) is 11.8 Å². The van der Waals surface area contributed by atoms with Crippen LogP contribution in [0.1, 0.15) is 13.8 Å². The lowest BCUT2D eigenvalue weighted by Gasteiger charge is -2.16. The lowest BCUT2D eigenvalue weighted by atomic mass is 10.4. The van der Waals surface area contributed by atoms with Crippen LogP contribution in [0.2, 0.25) is 0 Å². The summed E-state index contributed by atoms with van der Waals surface area (Å²) in [6, 6.07) is 16.7. The van der Waals surface area contributed by atoms with Crippen LogP contribution in [0, 0.1) is 0 Å². The third kappa shape index (κ3) is 4.86. The van der Waals surface area contributed by atoms with Crippen molar-refractivity contribution in [3.63, 3.8) is 0 Å². The van der Waals surface area contributed by atoms with Gasteiger partial charge in [0.05, 0.1) is 20.3 Å². The van der Waals surface area contributed by atoms with Gasteiger partial charge in [0.15, 0.2) is 19.7 Å². The van der Waals surface area contributed by atoms with Crippen molar-refractivity contribution in [2.45, 2.75) is 34.1 Å². The minimum Gasteiger partial charge on any atom is -0.223 e. The Labute approximate surface area is 154 Å². The van der Waals surface area contributed by atoms with Crippen molar-refractivity contribution in [2.24, 2.45) is 0 Å². The number of rotatable bonds is 8. The third-order valence-electron chi connectivity index (χ3n) is 3.91. The summed E-state index contributed by atoms with van der Waals surface area (Å²) in [7, 11) is -6.79. The topological polar surface area (TPSA) is 68.3 Å². The van der Waals surface area contributed by atoms with E-state index in [4.69, 9.17) is 0 Å². The molecule has 0 amide bonds. The maximum absolute atomic E-state index is 12.5. The number of thioether (sulfide) groups is 1. The van der Waals surface area contributed by atoms with Crippen molar-refractivity contribution in [1.29, 1.82) is 0 Å². The molecule has 136 valence electrons. The monoisotopic (exact) mass is 398 g/mol. The van der Waals surface area contributed by atoms with Crippen LogP contribution in [0.15, 0.2) is 70.5 Å². The molecule has 7 heteroatoms. The van der Waals surface area contributed by atoms with Crippen LogP contribution in [0.4, 0.5) is 0 Å². The van der Waals surface area contributed by atoms with Gasteiger partial charge in [-0.05, 0) is 38.1 Å². The van der Waals surface area contributed by atoms with E-state index in [-0.39, 0.29) is 0 Å². The SMILES string of the molecule is CC(CSCC(C)S(=O)(=O)c1ccccc1)S(=O)(=O)c1ccccc1. The summed E-state index contributed by atoms with van der Waals surface area (Å²) in [5.74, 6) is 0.706. The highest BCUT2D eigenvalue weighted by Crippen LogP contribution is 2.22. The molecule has 2 rings (SSSR count). The first-order valence-corrected chi connectivity index (χ1v) is 12.2. The quantitative estimate of drug-likeness (QED) is 0.681. The van der Waals surface area contributed by atoms with Gasteiger partial charge in [0.25, 0.3) is 0 Å². The van der Waals surface area contributed by atoms with Gasteiger partial charge in [-0.3, -0.25) is 0 Å². The maximum Gasteiger partial charge on any atom is 0.181 e. The molecule has 0 saturated carbocycles. The van der Waals surface area contributed by atoms with E-state index >= 15 is 0 Å². The molecule has 0 heterocycles.